The monoisotopic (exact) mass is 472 g/mol. The molecule has 0 spiro atoms. The van der Waals surface area contributed by atoms with Gasteiger partial charge in [-0.2, -0.15) is 0 Å². The first-order valence-electron chi connectivity index (χ1n) is 11.7. The number of benzene rings is 1. The SMILES string of the molecule is CCOC(=O)/C=C(C)/C=C/C=C(/CC)c1cc2c(c(Cl)c1OCC)OC(C)(C)C=C2C(C)C. The second-order valence-electron chi connectivity index (χ2n) is 8.88. The first kappa shape index (κ1) is 26.8. The van der Waals surface area contributed by atoms with Crippen LogP contribution in [-0.4, -0.2) is 24.8 Å². The van der Waals surface area contributed by atoms with Crippen LogP contribution in [0.4, 0.5) is 0 Å². The van der Waals surface area contributed by atoms with Crippen molar-refractivity contribution in [1.82, 2.24) is 0 Å². The van der Waals surface area contributed by atoms with Gasteiger partial charge in [-0.3, -0.25) is 0 Å². The average Bonchev–Trinajstić information content (AvgIpc) is 2.73. The van der Waals surface area contributed by atoms with E-state index in [1.165, 1.54) is 11.6 Å². The second kappa shape index (κ2) is 11.6. The van der Waals surface area contributed by atoms with Crippen molar-refractivity contribution in [3.05, 3.63) is 58.2 Å². The molecule has 0 aromatic heterocycles. The van der Waals surface area contributed by atoms with Crippen LogP contribution in [0.2, 0.25) is 5.02 Å². The zero-order chi connectivity index (χ0) is 24.8. The summed E-state index contributed by atoms with van der Waals surface area (Å²) in [5.74, 6) is 1.30. The van der Waals surface area contributed by atoms with E-state index in [0.717, 1.165) is 28.7 Å². The molecule has 33 heavy (non-hydrogen) atoms. The minimum Gasteiger partial charge on any atom is -0.492 e. The Morgan fingerprint density at radius 3 is 2.48 bits per heavy atom. The lowest BCUT2D eigenvalue weighted by atomic mass is 9.85. The quantitative estimate of drug-likeness (QED) is 0.209. The number of halogens is 1. The Bertz CT molecular complexity index is 994. The molecular formula is C28H37ClO4. The van der Waals surface area contributed by atoms with Gasteiger partial charge < -0.3 is 14.2 Å². The summed E-state index contributed by atoms with van der Waals surface area (Å²) >= 11 is 6.90. The van der Waals surface area contributed by atoms with Crippen LogP contribution in [0.15, 0.2) is 42.0 Å². The standard InChI is InChI=1S/C28H37ClO4/c1-9-20(14-12-13-19(6)15-24(30)31-10-2)21-16-22-23(18(4)5)17-28(7,8)33-27(22)25(29)26(21)32-11-3/h12-18H,9-11H2,1-8H3/b13-12+,19-15+,20-14-. The van der Waals surface area contributed by atoms with Crippen molar-refractivity contribution in [2.24, 2.45) is 5.92 Å². The number of carbonyl (C=O) groups is 1. The maximum absolute atomic E-state index is 11.7. The van der Waals surface area contributed by atoms with E-state index >= 15 is 0 Å². The highest BCUT2D eigenvalue weighted by Crippen LogP contribution is 2.50. The maximum atomic E-state index is 11.7. The number of rotatable bonds is 9. The molecule has 0 bridgehead atoms. The van der Waals surface area contributed by atoms with Crippen molar-refractivity contribution in [3.63, 3.8) is 0 Å². The number of esters is 1. The van der Waals surface area contributed by atoms with E-state index in [-0.39, 0.29) is 5.97 Å². The van der Waals surface area contributed by atoms with Gasteiger partial charge in [0.05, 0.1) is 13.2 Å². The van der Waals surface area contributed by atoms with Crippen molar-refractivity contribution in [3.8, 4) is 11.5 Å². The number of carbonyl (C=O) groups excluding carboxylic acids is 1. The maximum Gasteiger partial charge on any atom is 0.330 e. The summed E-state index contributed by atoms with van der Waals surface area (Å²) in [4.78, 5) is 11.7. The molecule has 180 valence electrons. The third kappa shape index (κ3) is 6.77. The van der Waals surface area contributed by atoms with E-state index in [1.807, 2.05) is 45.9 Å². The largest absolute Gasteiger partial charge is 0.492 e. The van der Waals surface area contributed by atoms with Gasteiger partial charge in [-0.15, -0.1) is 0 Å². The number of hydrogen-bond acceptors (Lipinski definition) is 4. The highest BCUT2D eigenvalue weighted by Gasteiger charge is 2.32. The summed E-state index contributed by atoms with van der Waals surface area (Å²) in [6.07, 6.45) is 10.3. The molecule has 2 rings (SSSR count). The molecule has 1 heterocycles. The Hall–Kier alpha value is -2.46. The van der Waals surface area contributed by atoms with E-state index in [0.29, 0.717) is 35.7 Å². The van der Waals surface area contributed by atoms with Crippen molar-refractivity contribution in [2.75, 3.05) is 13.2 Å². The predicted molar refractivity (Wildman–Crippen MR) is 138 cm³/mol. The number of hydrogen-bond donors (Lipinski definition) is 0. The van der Waals surface area contributed by atoms with Crippen LogP contribution in [0, 0.1) is 5.92 Å². The molecule has 0 radical (unpaired) electrons. The topological polar surface area (TPSA) is 44.8 Å². The molecular weight excluding hydrogens is 436 g/mol. The Morgan fingerprint density at radius 2 is 1.91 bits per heavy atom. The first-order chi connectivity index (χ1) is 15.5. The lowest BCUT2D eigenvalue weighted by Gasteiger charge is -2.34. The molecule has 0 fully saturated rings. The Balaban J connectivity index is 2.59. The molecule has 1 aromatic carbocycles. The third-order valence-electron chi connectivity index (χ3n) is 5.28. The number of allylic oxidation sites excluding steroid dienone is 6. The minimum absolute atomic E-state index is 0.318. The van der Waals surface area contributed by atoms with Gasteiger partial charge in [0, 0.05) is 17.2 Å². The predicted octanol–water partition coefficient (Wildman–Crippen LogP) is 7.81. The molecule has 0 N–H and O–H groups in total. The van der Waals surface area contributed by atoms with E-state index in [2.05, 4.69) is 32.9 Å². The van der Waals surface area contributed by atoms with Crippen LogP contribution in [0.1, 0.15) is 72.9 Å². The average molecular weight is 473 g/mol. The van der Waals surface area contributed by atoms with Crippen molar-refractivity contribution in [1.29, 1.82) is 0 Å². The number of ether oxygens (including phenoxy) is 3. The van der Waals surface area contributed by atoms with E-state index < -0.39 is 5.60 Å². The lowest BCUT2D eigenvalue weighted by molar-refractivity contribution is -0.137. The van der Waals surface area contributed by atoms with Gasteiger partial charge in [0.1, 0.15) is 16.4 Å². The summed E-state index contributed by atoms with van der Waals surface area (Å²) in [6, 6.07) is 2.14. The van der Waals surface area contributed by atoms with Crippen LogP contribution in [0.3, 0.4) is 0 Å². The fourth-order valence-electron chi connectivity index (χ4n) is 3.81. The molecule has 0 saturated heterocycles. The van der Waals surface area contributed by atoms with E-state index in [1.54, 1.807) is 6.92 Å². The van der Waals surface area contributed by atoms with Gasteiger partial charge >= 0.3 is 5.97 Å². The molecule has 1 aliphatic heterocycles. The van der Waals surface area contributed by atoms with Crippen LogP contribution in [-0.2, 0) is 9.53 Å². The van der Waals surface area contributed by atoms with Crippen molar-refractivity contribution in [2.45, 2.75) is 67.4 Å². The second-order valence-corrected chi connectivity index (χ2v) is 9.26. The Labute approximate surface area is 204 Å². The van der Waals surface area contributed by atoms with Crippen LogP contribution in [0.25, 0.3) is 11.1 Å². The van der Waals surface area contributed by atoms with Crippen molar-refractivity contribution >= 4 is 28.7 Å². The molecule has 0 atom stereocenters. The molecule has 1 aromatic rings. The highest BCUT2D eigenvalue weighted by molar-refractivity contribution is 6.34. The van der Waals surface area contributed by atoms with Gasteiger partial charge in [-0.1, -0.05) is 50.6 Å². The Morgan fingerprint density at radius 1 is 1.21 bits per heavy atom. The van der Waals surface area contributed by atoms with Gasteiger partial charge in [0.25, 0.3) is 0 Å². The molecule has 5 heteroatoms. The lowest BCUT2D eigenvalue weighted by Crippen LogP contribution is -2.30. The summed E-state index contributed by atoms with van der Waals surface area (Å²) in [7, 11) is 0. The van der Waals surface area contributed by atoms with Crippen LogP contribution in [0.5, 0.6) is 11.5 Å². The van der Waals surface area contributed by atoms with Crippen molar-refractivity contribution < 1.29 is 19.0 Å². The fraction of sp³-hybridized carbons (Fsp3) is 0.464. The molecule has 1 aliphatic rings. The van der Waals surface area contributed by atoms with Crippen LogP contribution < -0.4 is 9.47 Å². The van der Waals surface area contributed by atoms with E-state index in [4.69, 9.17) is 25.8 Å². The molecule has 4 nitrogen and oxygen atoms in total. The van der Waals surface area contributed by atoms with Gasteiger partial charge in [0.2, 0.25) is 0 Å². The normalized spacial score (nSPS) is 15.9. The minimum atomic E-state index is -0.448. The smallest absolute Gasteiger partial charge is 0.330 e. The highest BCUT2D eigenvalue weighted by atomic mass is 35.5. The fourth-order valence-corrected chi connectivity index (χ4v) is 4.10. The number of fused-ring (bicyclic) bond motifs is 1. The van der Waals surface area contributed by atoms with Gasteiger partial charge in [0.15, 0.2) is 5.75 Å². The van der Waals surface area contributed by atoms with Crippen LogP contribution >= 0.6 is 11.6 Å². The zero-order valence-corrected chi connectivity index (χ0v) is 21.9. The van der Waals surface area contributed by atoms with Gasteiger partial charge in [-0.25, -0.2) is 4.79 Å². The molecule has 0 amide bonds. The molecule has 0 saturated carbocycles. The molecule has 0 aliphatic carbocycles. The summed E-state index contributed by atoms with van der Waals surface area (Å²) in [6.45, 7) is 17.0. The zero-order valence-electron chi connectivity index (χ0n) is 21.2. The summed E-state index contributed by atoms with van der Waals surface area (Å²) in [5.41, 5.74) is 4.62. The Kier molecular flexibility index (Phi) is 9.42. The molecule has 0 unspecified atom stereocenters. The summed E-state index contributed by atoms with van der Waals surface area (Å²) in [5, 5.41) is 0.505. The summed E-state index contributed by atoms with van der Waals surface area (Å²) < 4.78 is 17.3. The van der Waals surface area contributed by atoms with E-state index in [9.17, 15) is 4.79 Å². The van der Waals surface area contributed by atoms with Gasteiger partial charge in [-0.05, 0) is 75.8 Å². The first-order valence-corrected chi connectivity index (χ1v) is 12.1. The third-order valence-corrected chi connectivity index (χ3v) is 5.63.